The van der Waals surface area contributed by atoms with Crippen LogP contribution in [0.2, 0.25) is 0 Å². The second kappa shape index (κ2) is 9.02. The average molecular weight is 206 g/mol. The molecule has 2 N–H and O–H groups in total. The minimum atomic E-state index is -1.44. The molecular weight excluding hydrogens is 195 g/mol. The molecule has 0 fully saturated rings. The molecule has 0 aliphatic heterocycles. The predicted octanol–water partition coefficient (Wildman–Crippen LogP) is -3.49. The Morgan fingerprint density at radius 2 is 1.71 bits per heavy atom. The van der Waals surface area contributed by atoms with Crippen molar-refractivity contribution < 1.29 is 49.7 Å². The standard InChI is InChI=1S/C6H6O.C3H6O3.Na/c7-6-4-2-1-3-5-6;1-2(4)3(5)6;/h1-5,7H;2,4H,1H3,(H,5,6);/q;;+1/p-1. The second-order valence-corrected chi connectivity index (χ2v) is 2.33. The Labute approximate surface area is 104 Å². The van der Waals surface area contributed by atoms with Crippen molar-refractivity contribution in [2.75, 3.05) is 0 Å². The number of hydrogen-bond donors (Lipinski definition) is 2. The summed E-state index contributed by atoms with van der Waals surface area (Å²) in [7, 11) is 0. The Morgan fingerprint density at radius 3 is 1.86 bits per heavy atom. The predicted molar refractivity (Wildman–Crippen MR) is 44.8 cm³/mol. The first-order valence-electron chi connectivity index (χ1n) is 3.67. The van der Waals surface area contributed by atoms with Crippen molar-refractivity contribution in [1.82, 2.24) is 0 Å². The summed E-state index contributed by atoms with van der Waals surface area (Å²) < 4.78 is 0. The fourth-order valence-electron chi connectivity index (χ4n) is 0.428. The summed E-state index contributed by atoms with van der Waals surface area (Å²) in [5.41, 5.74) is 0. The van der Waals surface area contributed by atoms with E-state index in [2.05, 4.69) is 0 Å². The molecule has 1 aromatic carbocycles. The molecule has 1 aromatic rings. The Kier molecular flexibility index (Phi) is 10.2. The van der Waals surface area contributed by atoms with E-state index in [4.69, 9.17) is 10.2 Å². The number of hydrogen-bond acceptors (Lipinski definition) is 4. The molecule has 14 heavy (non-hydrogen) atoms. The van der Waals surface area contributed by atoms with Gasteiger partial charge in [-0.15, -0.1) is 0 Å². The summed E-state index contributed by atoms with van der Waals surface area (Å²) in [4.78, 5) is 9.34. The van der Waals surface area contributed by atoms with Gasteiger partial charge in [-0.05, 0) is 19.1 Å². The van der Waals surface area contributed by atoms with E-state index in [0.717, 1.165) is 6.92 Å². The number of carbonyl (C=O) groups is 1. The van der Waals surface area contributed by atoms with Crippen molar-refractivity contribution >= 4 is 5.97 Å². The minimum Gasteiger partial charge on any atom is -0.547 e. The SMILES string of the molecule is CC(O)C(=O)[O-].Oc1ccccc1.[Na+]. The maximum absolute atomic E-state index is 9.34. The zero-order chi connectivity index (χ0) is 10.3. The summed E-state index contributed by atoms with van der Waals surface area (Å²) in [5, 5.41) is 25.9. The van der Waals surface area contributed by atoms with E-state index in [9.17, 15) is 9.90 Å². The molecule has 5 heteroatoms. The smallest absolute Gasteiger partial charge is 0.547 e. The number of aliphatic hydroxyl groups excluding tert-OH is 1. The fourth-order valence-corrected chi connectivity index (χ4v) is 0.428. The quantitative estimate of drug-likeness (QED) is 0.467. The van der Waals surface area contributed by atoms with Crippen LogP contribution in [0.5, 0.6) is 5.75 Å². The number of para-hydroxylation sites is 1. The number of aliphatic hydroxyl groups is 1. The Bertz CT molecular complexity index is 248. The van der Waals surface area contributed by atoms with Gasteiger partial charge in [-0.1, -0.05) is 18.2 Å². The van der Waals surface area contributed by atoms with E-state index in [-0.39, 0.29) is 29.6 Å². The van der Waals surface area contributed by atoms with E-state index < -0.39 is 12.1 Å². The zero-order valence-electron chi connectivity index (χ0n) is 8.18. The van der Waals surface area contributed by atoms with E-state index in [1.165, 1.54) is 0 Å². The van der Waals surface area contributed by atoms with Gasteiger partial charge in [-0.25, -0.2) is 0 Å². The molecule has 1 unspecified atom stereocenters. The van der Waals surface area contributed by atoms with Crippen molar-refractivity contribution in [1.29, 1.82) is 0 Å². The van der Waals surface area contributed by atoms with Crippen LogP contribution in [0.3, 0.4) is 0 Å². The van der Waals surface area contributed by atoms with Crippen molar-refractivity contribution in [3.8, 4) is 5.75 Å². The van der Waals surface area contributed by atoms with Crippen LogP contribution in [0.15, 0.2) is 30.3 Å². The Balaban J connectivity index is 0. The molecule has 1 rings (SSSR count). The third kappa shape index (κ3) is 9.54. The summed E-state index contributed by atoms with van der Waals surface area (Å²) in [5.74, 6) is -1.11. The first kappa shape index (κ1) is 15.9. The number of benzene rings is 1. The number of rotatable bonds is 1. The van der Waals surface area contributed by atoms with Gasteiger partial charge >= 0.3 is 29.6 Å². The van der Waals surface area contributed by atoms with Crippen LogP contribution in [0.1, 0.15) is 6.92 Å². The molecule has 0 bridgehead atoms. The van der Waals surface area contributed by atoms with Crippen molar-refractivity contribution in [2.24, 2.45) is 0 Å². The molecule has 72 valence electrons. The van der Waals surface area contributed by atoms with Crippen molar-refractivity contribution in [3.05, 3.63) is 30.3 Å². The van der Waals surface area contributed by atoms with Gasteiger partial charge in [-0.3, -0.25) is 0 Å². The molecule has 0 spiro atoms. The second-order valence-electron chi connectivity index (χ2n) is 2.33. The number of carboxylic acids is 1. The van der Waals surface area contributed by atoms with Crippen molar-refractivity contribution in [2.45, 2.75) is 13.0 Å². The molecule has 0 saturated heterocycles. The Morgan fingerprint density at radius 1 is 1.36 bits per heavy atom. The molecule has 1 atom stereocenters. The molecular formula is C9H11NaO4. The molecule has 4 nitrogen and oxygen atoms in total. The number of aliphatic carboxylic acids is 1. The molecule has 0 aromatic heterocycles. The maximum atomic E-state index is 9.34. The van der Waals surface area contributed by atoms with Crippen LogP contribution in [-0.4, -0.2) is 22.3 Å². The third-order valence-corrected chi connectivity index (χ3v) is 1.10. The van der Waals surface area contributed by atoms with Gasteiger partial charge in [-0.2, -0.15) is 0 Å². The summed E-state index contributed by atoms with van der Waals surface area (Å²) >= 11 is 0. The van der Waals surface area contributed by atoms with Gasteiger partial charge < -0.3 is 20.1 Å². The normalized spacial score (nSPS) is 10.1. The number of carboxylic acid groups (broad SMARTS) is 1. The van der Waals surface area contributed by atoms with Gasteiger partial charge in [0.1, 0.15) is 5.75 Å². The summed E-state index contributed by atoms with van der Waals surface area (Å²) in [6.07, 6.45) is -1.34. The molecule has 0 aliphatic rings. The summed E-state index contributed by atoms with van der Waals surface area (Å²) in [6, 6.07) is 8.71. The van der Waals surface area contributed by atoms with E-state index >= 15 is 0 Å². The molecule has 0 heterocycles. The monoisotopic (exact) mass is 206 g/mol. The number of phenolic OH excluding ortho intramolecular Hbond substituents is 1. The van der Waals surface area contributed by atoms with Crippen LogP contribution < -0.4 is 34.7 Å². The number of aromatic hydroxyl groups is 1. The topological polar surface area (TPSA) is 80.6 Å². The zero-order valence-corrected chi connectivity index (χ0v) is 10.2. The van der Waals surface area contributed by atoms with E-state index in [1.807, 2.05) is 6.07 Å². The van der Waals surface area contributed by atoms with Crippen molar-refractivity contribution in [3.63, 3.8) is 0 Å². The Hall–Kier alpha value is -0.550. The van der Waals surface area contributed by atoms with E-state index in [1.54, 1.807) is 24.3 Å². The van der Waals surface area contributed by atoms with Crippen LogP contribution in [0.25, 0.3) is 0 Å². The van der Waals surface area contributed by atoms with Gasteiger partial charge in [0.2, 0.25) is 0 Å². The molecule has 0 aliphatic carbocycles. The number of carbonyl (C=O) groups excluding carboxylic acids is 1. The fraction of sp³-hybridized carbons (Fsp3) is 0.222. The third-order valence-electron chi connectivity index (χ3n) is 1.10. The van der Waals surface area contributed by atoms with Crippen LogP contribution in [0, 0.1) is 0 Å². The average Bonchev–Trinajstić information content (AvgIpc) is 2.06. The first-order chi connectivity index (χ1) is 6.04. The summed E-state index contributed by atoms with van der Waals surface area (Å²) in [6.45, 7) is 1.13. The number of phenols is 1. The van der Waals surface area contributed by atoms with Gasteiger partial charge in [0, 0.05) is 0 Å². The molecule has 0 amide bonds. The first-order valence-corrected chi connectivity index (χ1v) is 3.67. The van der Waals surface area contributed by atoms with Crippen LogP contribution in [-0.2, 0) is 4.79 Å². The van der Waals surface area contributed by atoms with Gasteiger partial charge in [0.25, 0.3) is 0 Å². The molecule has 0 saturated carbocycles. The van der Waals surface area contributed by atoms with Crippen LogP contribution >= 0.6 is 0 Å². The maximum Gasteiger partial charge on any atom is 1.00 e. The molecule has 0 radical (unpaired) electrons. The van der Waals surface area contributed by atoms with Crippen LogP contribution in [0.4, 0.5) is 0 Å². The minimum absolute atomic E-state index is 0. The van der Waals surface area contributed by atoms with Gasteiger partial charge in [0.05, 0.1) is 12.1 Å². The largest absolute Gasteiger partial charge is 1.00 e. The van der Waals surface area contributed by atoms with E-state index in [0.29, 0.717) is 5.75 Å². The van der Waals surface area contributed by atoms with Gasteiger partial charge in [0.15, 0.2) is 0 Å².